The summed E-state index contributed by atoms with van der Waals surface area (Å²) in [5, 5.41) is 8.44. The fourth-order valence-electron chi connectivity index (χ4n) is 3.98. The van der Waals surface area contributed by atoms with Crippen LogP contribution in [0, 0.1) is 12.3 Å². The zero-order valence-corrected chi connectivity index (χ0v) is 24.6. The van der Waals surface area contributed by atoms with E-state index in [0.717, 1.165) is 33.5 Å². The number of amidine groups is 2. The number of hydrogen-bond donors (Lipinski definition) is 2. The Morgan fingerprint density at radius 2 is 1.48 bits per heavy atom. The van der Waals surface area contributed by atoms with Crippen molar-refractivity contribution >= 4 is 42.5 Å². The summed E-state index contributed by atoms with van der Waals surface area (Å²) in [7, 11) is 0. The van der Waals surface area contributed by atoms with Gasteiger partial charge >= 0.3 is 0 Å². The minimum atomic E-state index is 0. The number of hydrogen-bond acceptors (Lipinski definition) is 3. The second kappa shape index (κ2) is 15.6. The van der Waals surface area contributed by atoms with E-state index in [1.807, 2.05) is 120 Å². The summed E-state index contributed by atoms with van der Waals surface area (Å²) in [5.74, 6) is 0.326. The van der Waals surface area contributed by atoms with Crippen LogP contribution in [-0.4, -0.2) is 16.7 Å². The molecule has 3 aromatic carbocycles. The summed E-state index contributed by atoms with van der Waals surface area (Å²) in [6.45, 7) is 10.4. The number of nitrogens with two attached hydrogens (primary N) is 1. The molecule has 0 saturated carbocycles. The Balaban J connectivity index is 0.000000531. The average molecular weight is 570 g/mol. The van der Waals surface area contributed by atoms with Crippen molar-refractivity contribution in [3.63, 3.8) is 0 Å². The number of anilines is 1. The van der Waals surface area contributed by atoms with E-state index >= 15 is 0 Å². The molecule has 1 aliphatic rings. The highest BCUT2D eigenvalue weighted by Crippen LogP contribution is 2.27. The standard InChI is InChI=1S/C29H25N5.C7H8.H2S/c1-21-10-8-9-16-34(17-15-23-11-6-7-14-27(23)22(21)2)26-18-25(19-32-20-26)29(31)33-28(30)24-12-4-3-5-13-24;1-7-5-3-2-4-6-7;/h3-20H,1-2H2,(H3,30,31,33);2-6H,1H3;1H2/b10-8-,16-9-,17-15-;;. The van der Waals surface area contributed by atoms with Crippen LogP contribution in [0.1, 0.15) is 27.8 Å². The first-order valence-corrected chi connectivity index (χ1v) is 13.2. The van der Waals surface area contributed by atoms with Gasteiger partial charge in [0.25, 0.3) is 0 Å². The molecule has 0 fully saturated rings. The predicted octanol–water partition coefficient (Wildman–Crippen LogP) is 8.05. The van der Waals surface area contributed by atoms with Crippen molar-refractivity contribution in [1.29, 1.82) is 5.41 Å². The van der Waals surface area contributed by atoms with E-state index < -0.39 is 0 Å². The number of pyridine rings is 1. The first-order valence-electron chi connectivity index (χ1n) is 13.2. The van der Waals surface area contributed by atoms with Crippen LogP contribution in [0.25, 0.3) is 11.6 Å². The van der Waals surface area contributed by atoms with Gasteiger partial charge in [-0.3, -0.25) is 10.4 Å². The summed E-state index contributed by atoms with van der Waals surface area (Å²) in [6.07, 6.45) is 15.0. The number of allylic oxidation sites excluding steroid dienone is 5. The predicted molar refractivity (Wildman–Crippen MR) is 184 cm³/mol. The molecule has 42 heavy (non-hydrogen) atoms. The minimum absolute atomic E-state index is 0. The third-order valence-electron chi connectivity index (χ3n) is 6.28. The lowest BCUT2D eigenvalue weighted by Gasteiger charge is -2.16. The van der Waals surface area contributed by atoms with Crippen LogP contribution in [0.3, 0.4) is 0 Å². The Morgan fingerprint density at radius 1 is 0.810 bits per heavy atom. The van der Waals surface area contributed by atoms with Crippen LogP contribution < -0.4 is 10.6 Å². The fourth-order valence-corrected chi connectivity index (χ4v) is 3.98. The zero-order valence-electron chi connectivity index (χ0n) is 23.6. The van der Waals surface area contributed by atoms with Gasteiger partial charge in [0, 0.05) is 29.7 Å². The highest BCUT2D eigenvalue weighted by Gasteiger charge is 2.09. The second-order valence-corrected chi connectivity index (χ2v) is 9.31. The van der Waals surface area contributed by atoms with E-state index in [-0.39, 0.29) is 25.2 Å². The molecule has 0 amide bonds. The molecule has 1 aromatic heterocycles. The molecular formula is C36H35N5S. The van der Waals surface area contributed by atoms with E-state index in [9.17, 15) is 0 Å². The summed E-state index contributed by atoms with van der Waals surface area (Å²) in [4.78, 5) is 10.5. The van der Waals surface area contributed by atoms with E-state index in [2.05, 4.69) is 42.2 Å². The first kappa shape index (κ1) is 31.3. The zero-order chi connectivity index (χ0) is 29.0. The third kappa shape index (κ3) is 8.65. The molecule has 2 heterocycles. The lowest BCUT2D eigenvalue weighted by Crippen LogP contribution is -2.16. The van der Waals surface area contributed by atoms with Gasteiger partial charge in [0.2, 0.25) is 0 Å². The van der Waals surface area contributed by atoms with Gasteiger partial charge in [-0.15, -0.1) is 0 Å². The lowest BCUT2D eigenvalue weighted by molar-refractivity contribution is 1.21. The Labute approximate surface area is 255 Å². The molecule has 1 aliphatic heterocycles. The highest BCUT2D eigenvalue weighted by atomic mass is 32.1. The van der Waals surface area contributed by atoms with Crippen LogP contribution in [0.5, 0.6) is 0 Å². The van der Waals surface area contributed by atoms with Crippen molar-refractivity contribution < 1.29 is 0 Å². The fraction of sp³-hybridized carbons (Fsp3) is 0.0278. The monoisotopic (exact) mass is 569 g/mol. The van der Waals surface area contributed by atoms with Crippen molar-refractivity contribution in [1.82, 2.24) is 4.98 Å². The molecule has 0 saturated heterocycles. The van der Waals surface area contributed by atoms with Gasteiger partial charge in [-0.25, -0.2) is 4.99 Å². The number of rotatable bonds is 3. The normalized spacial score (nSPS) is 15.1. The van der Waals surface area contributed by atoms with Crippen molar-refractivity contribution in [2.24, 2.45) is 10.7 Å². The maximum absolute atomic E-state index is 8.44. The van der Waals surface area contributed by atoms with E-state index in [1.165, 1.54) is 5.56 Å². The maximum Gasteiger partial charge on any atom is 0.155 e. The van der Waals surface area contributed by atoms with Gasteiger partial charge in [-0.05, 0) is 47.4 Å². The SMILES string of the molecule is C=C1/C=C\C=C/N(c2cncc(C(=N)N=C(N)c3ccccc3)c2)/C=C\c2ccccc2C1=C.Cc1ccccc1.S. The average Bonchev–Trinajstić information content (AvgIpc) is 3.03. The second-order valence-electron chi connectivity index (χ2n) is 9.31. The smallest absolute Gasteiger partial charge is 0.155 e. The lowest BCUT2D eigenvalue weighted by atomic mass is 9.95. The Kier molecular flexibility index (Phi) is 11.6. The van der Waals surface area contributed by atoms with Crippen molar-refractivity contribution in [2.45, 2.75) is 6.92 Å². The molecule has 210 valence electrons. The molecule has 0 aliphatic carbocycles. The molecule has 0 atom stereocenters. The van der Waals surface area contributed by atoms with Gasteiger partial charge in [-0.2, -0.15) is 13.5 Å². The summed E-state index contributed by atoms with van der Waals surface area (Å²) >= 11 is 0. The Hall–Kier alpha value is -5.20. The van der Waals surface area contributed by atoms with E-state index in [4.69, 9.17) is 11.1 Å². The topological polar surface area (TPSA) is 78.4 Å². The summed E-state index contributed by atoms with van der Waals surface area (Å²) in [6, 6.07) is 29.6. The van der Waals surface area contributed by atoms with E-state index in [1.54, 1.807) is 12.4 Å². The van der Waals surface area contributed by atoms with Gasteiger partial charge in [0.15, 0.2) is 5.84 Å². The molecule has 5 rings (SSSR count). The van der Waals surface area contributed by atoms with Crippen LogP contribution >= 0.6 is 13.5 Å². The first-order chi connectivity index (χ1) is 19.9. The maximum atomic E-state index is 8.44. The van der Waals surface area contributed by atoms with Crippen molar-refractivity contribution in [3.05, 3.63) is 181 Å². The Morgan fingerprint density at radius 3 is 2.17 bits per heavy atom. The number of aryl methyl sites for hydroxylation is 1. The number of aliphatic imine (C=N–C) groups is 1. The molecule has 5 nitrogen and oxygen atoms in total. The molecule has 3 N–H and O–H groups in total. The number of aromatic nitrogens is 1. The number of nitrogens with zero attached hydrogens (tertiary/aromatic N) is 3. The quantitative estimate of drug-likeness (QED) is 0.194. The third-order valence-corrected chi connectivity index (χ3v) is 6.28. The van der Waals surface area contributed by atoms with Crippen LogP contribution in [0.2, 0.25) is 0 Å². The van der Waals surface area contributed by atoms with Gasteiger partial charge < -0.3 is 10.6 Å². The minimum Gasteiger partial charge on any atom is -0.383 e. The number of nitrogens with one attached hydrogen (secondary N) is 1. The van der Waals surface area contributed by atoms with E-state index in [0.29, 0.717) is 5.56 Å². The van der Waals surface area contributed by atoms with Gasteiger partial charge in [0.1, 0.15) is 5.84 Å². The Bertz CT molecular complexity index is 1650. The summed E-state index contributed by atoms with van der Waals surface area (Å²) in [5.41, 5.74) is 13.3. The molecule has 0 bridgehead atoms. The number of fused-ring (bicyclic) bond motifs is 1. The molecule has 0 unspecified atom stereocenters. The number of benzene rings is 3. The summed E-state index contributed by atoms with van der Waals surface area (Å²) < 4.78 is 0. The van der Waals surface area contributed by atoms with Crippen LogP contribution in [0.15, 0.2) is 158 Å². The molecule has 4 aromatic rings. The van der Waals surface area contributed by atoms with Gasteiger partial charge in [-0.1, -0.05) is 116 Å². The van der Waals surface area contributed by atoms with Crippen molar-refractivity contribution in [2.75, 3.05) is 4.90 Å². The van der Waals surface area contributed by atoms with Crippen LogP contribution in [-0.2, 0) is 0 Å². The molecule has 6 heteroatoms. The van der Waals surface area contributed by atoms with Crippen LogP contribution in [0.4, 0.5) is 5.69 Å². The molecule has 0 spiro atoms. The molecular weight excluding hydrogens is 534 g/mol. The van der Waals surface area contributed by atoms with Crippen molar-refractivity contribution in [3.8, 4) is 0 Å². The molecule has 0 radical (unpaired) electrons. The highest BCUT2D eigenvalue weighted by molar-refractivity contribution is 7.59. The van der Waals surface area contributed by atoms with Gasteiger partial charge in [0.05, 0.1) is 11.9 Å². The largest absolute Gasteiger partial charge is 0.383 e.